The van der Waals surface area contributed by atoms with Gasteiger partial charge in [0.2, 0.25) is 0 Å². The number of pyridine rings is 1. The molecule has 0 amide bonds. The largest absolute Gasteiger partial charge is 0.358 e. The summed E-state index contributed by atoms with van der Waals surface area (Å²) in [5.74, 6) is 0. The van der Waals surface area contributed by atoms with Gasteiger partial charge in [-0.15, -0.1) is 24.3 Å². The zero-order valence-corrected chi connectivity index (χ0v) is 16.0. The summed E-state index contributed by atoms with van der Waals surface area (Å²) in [7, 11) is 0. The number of rotatable bonds is 0. The summed E-state index contributed by atoms with van der Waals surface area (Å²) in [6, 6.07) is 9.09. The number of hydrogen-bond donors (Lipinski definition) is 0. The topological polar surface area (TPSA) is 43.1 Å². The molecular weight excluding hydrogens is 505 g/mol. The van der Waals surface area contributed by atoms with Crippen LogP contribution < -0.4 is 0 Å². The second-order valence-corrected chi connectivity index (χ2v) is 3.81. The molecule has 0 unspecified atom stereocenters. The van der Waals surface area contributed by atoms with Crippen molar-refractivity contribution in [2.75, 3.05) is 0 Å². The molecule has 3 heterocycles. The molecule has 20 heavy (non-hydrogen) atoms. The van der Waals surface area contributed by atoms with Crippen LogP contribution in [0.15, 0.2) is 43.0 Å². The van der Waals surface area contributed by atoms with Crippen LogP contribution >= 0.6 is 0 Å². The van der Waals surface area contributed by atoms with Gasteiger partial charge in [-0.25, -0.2) is 4.98 Å². The molecule has 0 atom stereocenters. The first kappa shape index (κ1) is 17.3. The maximum atomic E-state index is 4.41. The van der Waals surface area contributed by atoms with E-state index in [-0.39, 0.29) is 60.2 Å². The van der Waals surface area contributed by atoms with Gasteiger partial charge in [-0.05, 0) is 0 Å². The average Bonchev–Trinajstić information content (AvgIpc) is 2.89. The number of fused-ring (bicyclic) bond motifs is 6. The first-order valence-electron chi connectivity index (χ1n) is 5.31. The van der Waals surface area contributed by atoms with E-state index in [1.807, 2.05) is 28.8 Å². The van der Waals surface area contributed by atoms with Gasteiger partial charge in [0.25, 0.3) is 0 Å². The van der Waals surface area contributed by atoms with Crippen molar-refractivity contribution in [3.63, 3.8) is 0 Å². The molecule has 4 aromatic rings. The minimum atomic E-state index is 0. The van der Waals surface area contributed by atoms with Crippen LogP contribution in [-0.2, 0) is 52.8 Å². The summed E-state index contributed by atoms with van der Waals surface area (Å²) >= 11 is 0. The monoisotopic (exact) mass is 516 g/mol. The van der Waals surface area contributed by atoms with Crippen LogP contribution in [-0.4, -0.2) is 19.4 Å². The molecule has 1 aromatic carbocycles. The van der Waals surface area contributed by atoms with Crippen molar-refractivity contribution in [3.05, 3.63) is 56.5 Å². The average molecular weight is 515 g/mol. The van der Waals surface area contributed by atoms with Crippen LogP contribution in [0.5, 0.6) is 0 Å². The second kappa shape index (κ2) is 6.81. The molecule has 0 saturated carbocycles. The summed E-state index contributed by atoms with van der Waals surface area (Å²) < 4.78 is 1.95. The minimum Gasteiger partial charge on any atom is -0.358 e. The molecule has 0 fully saturated rings. The van der Waals surface area contributed by atoms with Gasteiger partial charge in [0, 0.05) is 77.6 Å². The fraction of sp³-hybridized carbons (Fsp3) is 0. The van der Waals surface area contributed by atoms with Gasteiger partial charge in [0.1, 0.15) is 5.65 Å². The van der Waals surface area contributed by atoms with Gasteiger partial charge in [0.05, 0.1) is 11.2 Å². The Labute approximate surface area is 155 Å². The molecule has 0 aliphatic rings. The SMILES string of the molecule is [CH3-].[Ir].[Y].[c-]1cccc2c1c1nccn1c1nccnc21. The van der Waals surface area contributed by atoms with Crippen molar-refractivity contribution >= 4 is 27.6 Å². The standard InChI is InChI=1S/C13H7N4.CH3.Ir.Y/c1-2-4-10-9(3-1)11-13(15-6-5-14-11)17-8-7-16-12(10)17;;;/h1-3,5-8H;1H3;;/q2*-1;;. The summed E-state index contributed by atoms with van der Waals surface area (Å²) in [5, 5.41) is 2.01. The Balaban J connectivity index is 0.000000667. The molecule has 4 rings (SSSR count). The summed E-state index contributed by atoms with van der Waals surface area (Å²) in [6.07, 6.45) is 7.06. The summed E-state index contributed by atoms with van der Waals surface area (Å²) in [5.41, 5.74) is 2.57. The first-order chi connectivity index (χ1) is 8.45. The van der Waals surface area contributed by atoms with Gasteiger partial charge in [0.15, 0.2) is 0 Å². The van der Waals surface area contributed by atoms with Gasteiger partial charge in [-0.2, -0.15) is 0 Å². The normalized spacial score (nSPS) is 9.80. The Bertz CT molecular complexity index is 790. The van der Waals surface area contributed by atoms with E-state index in [1.165, 1.54) is 0 Å². The number of hydrogen-bond acceptors (Lipinski definition) is 3. The van der Waals surface area contributed by atoms with Crippen molar-refractivity contribution in [1.29, 1.82) is 0 Å². The fourth-order valence-electron chi connectivity index (χ4n) is 2.18. The molecule has 0 bridgehead atoms. The van der Waals surface area contributed by atoms with E-state index in [0.717, 1.165) is 27.6 Å². The Morgan fingerprint density at radius 2 is 1.75 bits per heavy atom. The molecule has 2 radical (unpaired) electrons. The maximum absolute atomic E-state index is 4.41. The van der Waals surface area contributed by atoms with Crippen molar-refractivity contribution in [2.24, 2.45) is 0 Å². The number of imidazole rings is 1. The molecule has 0 saturated heterocycles. The predicted octanol–water partition coefficient (Wildman–Crippen LogP) is 2.68. The molecule has 0 aliphatic carbocycles. The van der Waals surface area contributed by atoms with Crippen LogP contribution in [0.4, 0.5) is 0 Å². The van der Waals surface area contributed by atoms with E-state index in [4.69, 9.17) is 0 Å². The smallest absolute Gasteiger partial charge is 0.146 e. The first-order valence-corrected chi connectivity index (χ1v) is 5.31. The fourth-order valence-corrected chi connectivity index (χ4v) is 2.18. The summed E-state index contributed by atoms with van der Waals surface area (Å²) in [4.78, 5) is 13.1. The van der Waals surface area contributed by atoms with Crippen LogP contribution in [0.25, 0.3) is 27.6 Å². The molecule has 6 heteroatoms. The molecule has 0 N–H and O–H groups in total. The molecule has 3 aromatic heterocycles. The third-order valence-electron chi connectivity index (χ3n) is 2.88. The van der Waals surface area contributed by atoms with E-state index < -0.39 is 0 Å². The predicted molar refractivity (Wildman–Crippen MR) is 71.0 cm³/mol. The van der Waals surface area contributed by atoms with Crippen molar-refractivity contribution < 1.29 is 52.8 Å². The summed E-state index contributed by atoms with van der Waals surface area (Å²) in [6.45, 7) is 0. The third-order valence-corrected chi connectivity index (χ3v) is 2.88. The van der Waals surface area contributed by atoms with E-state index >= 15 is 0 Å². The number of nitrogens with zero attached hydrogens (tertiary/aromatic N) is 4. The molecule has 100 valence electrons. The van der Waals surface area contributed by atoms with Crippen LogP contribution in [0.1, 0.15) is 0 Å². The Kier molecular flexibility index (Phi) is 5.90. The van der Waals surface area contributed by atoms with E-state index in [0.29, 0.717) is 0 Å². The van der Waals surface area contributed by atoms with Crippen molar-refractivity contribution in [3.8, 4) is 0 Å². The van der Waals surface area contributed by atoms with Gasteiger partial charge >= 0.3 is 0 Å². The molecule has 0 spiro atoms. The second-order valence-electron chi connectivity index (χ2n) is 3.81. The van der Waals surface area contributed by atoms with Crippen LogP contribution in [0.2, 0.25) is 0 Å². The zero-order chi connectivity index (χ0) is 11.2. The van der Waals surface area contributed by atoms with Gasteiger partial charge in [-0.3, -0.25) is 9.97 Å². The molecule has 0 aliphatic heterocycles. The van der Waals surface area contributed by atoms with Crippen molar-refractivity contribution in [1.82, 2.24) is 19.4 Å². The van der Waals surface area contributed by atoms with E-state index in [1.54, 1.807) is 18.6 Å². The third kappa shape index (κ3) is 2.44. The zero-order valence-electron chi connectivity index (χ0n) is 10.7. The Hall–Kier alpha value is -0.737. The van der Waals surface area contributed by atoms with Gasteiger partial charge in [-0.1, -0.05) is 10.8 Å². The van der Waals surface area contributed by atoms with Gasteiger partial charge < -0.3 is 11.8 Å². The molecular formula is C14H10IrN4Y-2. The quantitative estimate of drug-likeness (QED) is 0.267. The maximum Gasteiger partial charge on any atom is 0.146 e. The number of aromatic nitrogens is 4. The van der Waals surface area contributed by atoms with Crippen LogP contribution in [0.3, 0.4) is 0 Å². The van der Waals surface area contributed by atoms with E-state index in [9.17, 15) is 0 Å². The number of benzene rings is 1. The Morgan fingerprint density at radius 1 is 1.00 bits per heavy atom. The van der Waals surface area contributed by atoms with Crippen molar-refractivity contribution in [2.45, 2.75) is 0 Å². The van der Waals surface area contributed by atoms with E-state index in [2.05, 4.69) is 21.0 Å². The Morgan fingerprint density at radius 3 is 2.60 bits per heavy atom. The minimum absolute atomic E-state index is 0. The van der Waals surface area contributed by atoms with Crippen LogP contribution in [0, 0.1) is 13.5 Å². The molecule has 4 nitrogen and oxygen atoms in total.